The van der Waals surface area contributed by atoms with E-state index in [9.17, 15) is 0 Å². The van der Waals surface area contributed by atoms with Gasteiger partial charge in [-0.1, -0.05) is 4.53 Å². The average Bonchev–Trinajstić information content (AvgIpc) is 1.00. The van der Waals surface area contributed by atoms with Gasteiger partial charge in [0.25, 0.3) is 0 Å². The van der Waals surface area contributed by atoms with Crippen molar-refractivity contribution in [2.75, 3.05) is 0 Å². The molecule has 18 valence electrons. The van der Waals surface area contributed by atoms with Gasteiger partial charge in [0.1, 0.15) is 0 Å². The van der Waals surface area contributed by atoms with E-state index in [2.05, 4.69) is 0 Å². The van der Waals surface area contributed by atoms with Gasteiger partial charge in [-0.05, 0) is 0 Å². The second kappa shape index (κ2) is 24.7. The Bertz CT molecular complexity index is 13.5. The van der Waals surface area contributed by atoms with Gasteiger partial charge >= 0.3 is 48.4 Å². The number of halogens is 1. The van der Waals surface area contributed by atoms with Gasteiger partial charge in [-0.25, -0.2) is 5.31 Å². The van der Waals surface area contributed by atoms with Crippen molar-refractivity contribution in [3.8, 4) is 0 Å². The first-order valence-corrected chi connectivity index (χ1v) is 0.169. The SMILES string of the molecule is OF.[H-].[H-].[Li+].[Na+]. The summed E-state index contributed by atoms with van der Waals surface area (Å²) in [6, 6.07) is 0. The average molecular weight is 68.0 g/mol. The van der Waals surface area contributed by atoms with Gasteiger partial charge in [0.05, 0.1) is 0 Å². The van der Waals surface area contributed by atoms with E-state index < -0.39 is 0 Å². The molecule has 0 bridgehead atoms. The molecule has 0 atom stereocenters. The molecule has 0 fully saturated rings. The summed E-state index contributed by atoms with van der Waals surface area (Å²) < 4.78 is 8.50. The van der Waals surface area contributed by atoms with Gasteiger partial charge < -0.3 is 2.85 Å². The molecule has 0 aliphatic rings. The van der Waals surface area contributed by atoms with Crippen molar-refractivity contribution in [2.24, 2.45) is 0 Å². The van der Waals surface area contributed by atoms with Crippen LogP contribution in [0.3, 0.4) is 0 Å². The van der Waals surface area contributed by atoms with Gasteiger partial charge in [-0.2, -0.15) is 0 Å². The molecule has 0 saturated carbocycles. The number of hydrogen-bond donors (Lipinski definition) is 1. The molecule has 0 aromatic heterocycles. The van der Waals surface area contributed by atoms with Crippen molar-refractivity contribution in [2.45, 2.75) is 0 Å². The van der Waals surface area contributed by atoms with Crippen molar-refractivity contribution in [3.05, 3.63) is 0 Å². The predicted molar refractivity (Wildman–Crippen MR) is 5.55 cm³/mol. The zero-order valence-electron chi connectivity index (χ0n) is 4.83. The molecule has 0 amide bonds. The third-order valence-corrected chi connectivity index (χ3v) is 0. The second-order valence-corrected chi connectivity index (χ2v) is 0. The van der Waals surface area contributed by atoms with E-state index in [0.717, 1.165) is 0 Å². The fraction of sp³-hybridized carbons (Fsp3) is 0. The molecule has 0 rings (SSSR count). The molecular formula is H3FLiNaO. The topological polar surface area (TPSA) is 20.2 Å². The maximum Gasteiger partial charge on any atom is 1.00 e. The zero-order chi connectivity index (χ0) is 2.00. The summed E-state index contributed by atoms with van der Waals surface area (Å²) in [4.78, 5) is 0. The van der Waals surface area contributed by atoms with Crippen LogP contribution in [0.2, 0.25) is 0 Å². The van der Waals surface area contributed by atoms with Crippen LogP contribution >= 0.6 is 0 Å². The molecule has 0 heterocycles. The van der Waals surface area contributed by atoms with Crippen LogP contribution in [0.5, 0.6) is 0 Å². The Morgan fingerprint density at radius 2 is 1.50 bits per heavy atom. The van der Waals surface area contributed by atoms with Crippen LogP contribution in [0.15, 0.2) is 0 Å². The van der Waals surface area contributed by atoms with Crippen molar-refractivity contribution < 1.29 is 61.1 Å². The Labute approximate surface area is 60.9 Å². The molecule has 1 nitrogen and oxygen atoms in total. The standard InChI is InChI=1S/FHO.Li.Na.2H/c1-2;;;;/h2H;;;;/q;2*+1;2*-1. The van der Waals surface area contributed by atoms with Crippen molar-refractivity contribution in [1.29, 1.82) is 0 Å². The van der Waals surface area contributed by atoms with E-state index >= 15 is 0 Å². The molecule has 4 heavy (non-hydrogen) atoms. The van der Waals surface area contributed by atoms with Crippen LogP contribution in [0.1, 0.15) is 2.85 Å². The molecule has 0 unspecified atom stereocenters. The third-order valence-electron chi connectivity index (χ3n) is 0. The van der Waals surface area contributed by atoms with Crippen LogP contribution in [-0.4, -0.2) is 5.31 Å². The quantitative estimate of drug-likeness (QED) is 0.280. The van der Waals surface area contributed by atoms with Gasteiger partial charge in [-0.3, -0.25) is 0 Å². The normalized spacial score (nSPS) is 1.50. The second-order valence-electron chi connectivity index (χ2n) is 0. The first-order chi connectivity index (χ1) is 1.00. The fourth-order valence-electron chi connectivity index (χ4n) is 0. The molecular weight excluding hydrogens is 64.9 g/mol. The largest absolute Gasteiger partial charge is 1.00 e. The van der Waals surface area contributed by atoms with Crippen LogP contribution in [-0.2, 0) is 0 Å². The van der Waals surface area contributed by atoms with Crippen LogP contribution in [0.4, 0.5) is 4.53 Å². The Hall–Kier alpha value is 1.49. The van der Waals surface area contributed by atoms with Gasteiger partial charge in [0, 0.05) is 0 Å². The molecule has 0 aliphatic carbocycles. The third kappa shape index (κ3) is 9.75. The summed E-state index contributed by atoms with van der Waals surface area (Å²) in [5.74, 6) is 0. The Morgan fingerprint density at radius 3 is 1.50 bits per heavy atom. The van der Waals surface area contributed by atoms with Crippen molar-refractivity contribution >= 4 is 0 Å². The molecule has 0 radical (unpaired) electrons. The van der Waals surface area contributed by atoms with E-state index in [1.807, 2.05) is 0 Å². The number of rotatable bonds is 0. The minimum absolute atomic E-state index is 0. The van der Waals surface area contributed by atoms with E-state index in [0.29, 0.717) is 0 Å². The van der Waals surface area contributed by atoms with Crippen LogP contribution in [0, 0.1) is 0 Å². The Kier molecular flexibility index (Phi) is 110. The van der Waals surface area contributed by atoms with Crippen LogP contribution < -0.4 is 48.4 Å². The monoisotopic (exact) mass is 68.0 g/mol. The molecule has 0 aromatic rings. The minimum Gasteiger partial charge on any atom is -1.00 e. The smallest absolute Gasteiger partial charge is 1.00 e. The van der Waals surface area contributed by atoms with Gasteiger partial charge in [0.2, 0.25) is 0 Å². The first-order valence-electron chi connectivity index (χ1n) is 0.169. The molecule has 0 aliphatic heterocycles. The Morgan fingerprint density at radius 1 is 1.50 bits per heavy atom. The minimum atomic E-state index is 0. The predicted octanol–water partition coefficient (Wildman–Crippen LogP) is -5.90. The zero-order valence-corrected chi connectivity index (χ0v) is 4.83. The van der Waals surface area contributed by atoms with Crippen LogP contribution in [0.25, 0.3) is 0 Å². The summed E-state index contributed by atoms with van der Waals surface area (Å²) in [7, 11) is 0. The summed E-state index contributed by atoms with van der Waals surface area (Å²) in [6.07, 6.45) is 0. The summed E-state index contributed by atoms with van der Waals surface area (Å²) in [6.45, 7) is 0. The molecule has 0 saturated heterocycles. The van der Waals surface area contributed by atoms with E-state index in [1.165, 1.54) is 0 Å². The van der Waals surface area contributed by atoms with Gasteiger partial charge in [-0.15, -0.1) is 0 Å². The van der Waals surface area contributed by atoms with E-state index in [1.54, 1.807) is 0 Å². The molecule has 0 spiro atoms. The molecule has 0 aromatic carbocycles. The van der Waals surface area contributed by atoms with E-state index in [-0.39, 0.29) is 51.3 Å². The van der Waals surface area contributed by atoms with Crippen molar-refractivity contribution in [1.82, 2.24) is 0 Å². The van der Waals surface area contributed by atoms with E-state index in [4.69, 9.17) is 9.84 Å². The fourth-order valence-corrected chi connectivity index (χ4v) is 0. The van der Waals surface area contributed by atoms with Crippen molar-refractivity contribution in [3.63, 3.8) is 0 Å². The Balaban J connectivity index is -0.000000000833. The molecule has 4 heteroatoms. The maximum atomic E-state index is 8.50. The summed E-state index contributed by atoms with van der Waals surface area (Å²) in [5.41, 5.74) is 0. The summed E-state index contributed by atoms with van der Waals surface area (Å²) >= 11 is 0. The molecule has 1 N–H and O–H groups in total. The summed E-state index contributed by atoms with van der Waals surface area (Å²) in [5, 5.41) is 5.50. The van der Waals surface area contributed by atoms with Gasteiger partial charge in [0.15, 0.2) is 0 Å². The maximum absolute atomic E-state index is 8.50. The first kappa shape index (κ1) is 17.9. The number of hydrogen-bond acceptors (Lipinski definition) is 1.